The minimum atomic E-state index is -0.643. The third-order valence-electron chi connectivity index (χ3n) is 8.35. The first-order valence-corrected chi connectivity index (χ1v) is 16.9. The lowest BCUT2D eigenvalue weighted by Gasteiger charge is -2.29. The minimum absolute atomic E-state index is 0.0445. The van der Waals surface area contributed by atoms with Crippen molar-refractivity contribution in [3.63, 3.8) is 0 Å². The summed E-state index contributed by atoms with van der Waals surface area (Å²) in [4.78, 5) is 33.4. The van der Waals surface area contributed by atoms with Crippen LogP contribution in [0.4, 0.5) is 11.6 Å². The van der Waals surface area contributed by atoms with Crippen molar-refractivity contribution in [1.29, 1.82) is 0 Å². The van der Waals surface area contributed by atoms with Gasteiger partial charge >= 0.3 is 0 Å². The van der Waals surface area contributed by atoms with Crippen molar-refractivity contribution in [2.24, 2.45) is 0 Å². The molecule has 1 aromatic heterocycles. The summed E-state index contributed by atoms with van der Waals surface area (Å²) in [5, 5.41) is 12.5. The zero-order chi connectivity index (χ0) is 32.9. The Morgan fingerprint density at radius 2 is 1.79 bits per heavy atom. The van der Waals surface area contributed by atoms with E-state index < -0.39 is 6.04 Å². The Balaban J connectivity index is 1.32. The van der Waals surface area contributed by atoms with Gasteiger partial charge in [0, 0.05) is 35.2 Å². The van der Waals surface area contributed by atoms with E-state index in [2.05, 4.69) is 10.6 Å². The fraction of sp³-hybridized carbons (Fsp3) is 0.314. The first-order chi connectivity index (χ1) is 22.8. The molecule has 2 N–H and O–H groups in total. The SMILES string of the molecule is COc1cc(C2C(C(=O)Nc3ccccc3C)=C(C)Nc3nc(SCc4ccccc4Cl)nn32)ccc1OCC(=O)N1CCCCC1. The lowest BCUT2D eigenvalue weighted by atomic mass is 9.94. The number of para-hydroxylation sites is 1. The number of hydrogen-bond acceptors (Lipinski definition) is 8. The van der Waals surface area contributed by atoms with E-state index in [1.165, 1.54) is 11.8 Å². The van der Waals surface area contributed by atoms with Crippen LogP contribution >= 0.6 is 23.4 Å². The highest BCUT2D eigenvalue weighted by Crippen LogP contribution is 2.40. The summed E-state index contributed by atoms with van der Waals surface area (Å²) in [6.45, 7) is 5.24. The number of aryl methyl sites for hydroxylation is 1. The van der Waals surface area contributed by atoms with Crippen molar-refractivity contribution >= 4 is 46.8 Å². The Morgan fingerprint density at radius 1 is 1.02 bits per heavy atom. The number of carbonyl (C=O) groups is 2. The highest BCUT2D eigenvalue weighted by atomic mass is 35.5. The number of ether oxygens (including phenoxy) is 2. The van der Waals surface area contributed by atoms with E-state index in [4.69, 9.17) is 31.2 Å². The summed E-state index contributed by atoms with van der Waals surface area (Å²) in [6.07, 6.45) is 3.17. The van der Waals surface area contributed by atoms with Crippen LogP contribution in [-0.4, -0.2) is 58.3 Å². The number of fused-ring (bicyclic) bond motifs is 1. The van der Waals surface area contributed by atoms with Crippen molar-refractivity contribution < 1.29 is 19.1 Å². The molecule has 0 radical (unpaired) electrons. The second kappa shape index (κ2) is 14.5. The molecule has 2 aliphatic heterocycles. The molecule has 6 rings (SSSR count). The molecule has 1 unspecified atom stereocenters. The molecule has 0 spiro atoms. The van der Waals surface area contributed by atoms with Crippen LogP contribution in [0.25, 0.3) is 0 Å². The van der Waals surface area contributed by atoms with Gasteiger partial charge < -0.3 is 25.0 Å². The molecule has 0 aliphatic carbocycles. The largest absolute Gasteiger partial charge is 0.493 e. The minimum Gasteiger partial charge on any atom is -0.493 e. The summed E-state index contributed by atoms with van der Waals surface area (Å²) >= 11 is 7.86. The predicted molar refractivity (Wildman–Crippen MR) is 184 cm³/mol. The molecule has 2 aliphatic rings. The maximum absolute atomic E-state index is 14.0. The highest BCUT2D eigenvalue weighted by Gasteiger charge is 2.35. The topological polar surface area (TPSA) is 111 Å². The number of allylic oxidation sites excluding steroid dienone is 1. The Hall–Kier alpha value is -4.48. The fourth-order valence-electron chi connectivity index (χ4n) is 5.80. The molecule has 3 aromatic carbocycles. The molecule has 3 heterocycles. The number of amides is 2. The smallest absolute Gasteiger partial charge is 0.260 e. The fourth-order valence-corrected chi connectivity index (χ4v) is 6.92. The third kappa shape index (κ3) is 7.26. The molecule has 10 nitrogen and oxygen atoms in total. The van der Waals surface area contributed by atoms with E-state index in [1.807, 2.05) is 79.4 Å². The van der Waals surface area contributed by atoms with Crippen molar-refractivity contribution in [3.05, 3.63) is 99.7 Å². The van der Waals surface area contributed by atoms with Crippen molar-refractivity contribution in [2.45, 2.75) is 50.1 Å². The van der Waals surface area contributed by atoms with Crippen molar-refractivity contribution in [3.8, 4) is 11.5 Å². The van der Waals surface area contributed by atoms with Crippen LogP contribution < -0.4 is 20.1 Å². The average Bonchev–Trinajstić information content (AvgIpc) is 3.49. The van der Waals surface area contributed by atoms with Crippen molar-refractivity contribution in [1.82, 2.24) is 19.7 Å². The molecule has 47 heavy (non-hydrogen) atoms. The molecule has 1 atom stereocenters. The Labute approximate surface area is 283 Å². The molecule has 1 saturated heterocycles. The average molecular weight is 673 g/mol. The van der Waals surface area contributed by atoms with Crippen LogP contribution in [0.2, 0.25) is 5.02 Å². The van der Waals surface area contributed by atoms with E-state index in [1.54, 1.807) is 17.9 Å². The number of nitrogens with zero attached hydrogens (tertiary/aromatic N) is 4. The normalized spacial score (nSPS) is 15.9. The van der Waals surface area contributed by atoms with Gasteiger partial charge in [-0.05, 0) is 74.1 Å². The van der Waals surface area contributed by atoms with Gasteiger partial charge in [0.05, 0.1) is 12.7 Å². The summed E-state index contributed by atoms with van der Waals surface area (Å²) in [7, 11) is 1.55. The third-order valence-corrected chi connectivity index (χ3v) is 9.60. The zero-order valence-electron chi connectivity index (χ0n) is 26.6. The first kappa shape index (κ1) is 32.5. The quantitative estimate of drug-likeness (QED) is 0.176. The van der Waals surface area contributed by atoms with Gasteiger partial charge in [0.1, 0.15) is 6.04 Å². The number of aromatic nitrogens is 3. The van der Waals surface area contributed by atoms with Gasteiger partial charge in [-0.3, -0.25) is 9.59 Å². The lowest BCUT2D eigenvalue weighted by molar-refractivity contribution is -0.134. The van der Waals surface area contributed by atoms with Gasteiger partial charge in [0.25, 0.3) is 11.8 Å². The van der Waals surface area contributed by atoms with E-state index in [0.29, 0.717) is 44.6 Å². The Morgan fingerprint density at radius 3 is 2.55 bits per heavy atom. The molecule has 0 bridgehead atoms. The first-order valence-electron chi connectivity index (χ1n) is 15.6. The van der Waals surface area contributed by atoms with Crippen LogP contribution in [0, 0.1) is 6.92 Å². The second-order valence-electron chi connectivity index (χ2n) is 11.5. The van der Waals surface area contributed by atoms with E-state index in [9.17, 15) is 9.59 Å². The summed E-state index contributed by atoms with van der Waals surface area (Å²) < 4.78 is 13.4. The van der Waals surface area contributed by atoms with Crippen LogP contribution in [0.15, 0.2) is 83.2 Å². The van der Waals surface area contributed by atoms with E-state index >= 15 is 0 Å². The van der Waals surface area contributed by atoms with Crippen molar-refractivity contribution in [2.75, 3.05) is 37.4 Å². The lowest BCUT2D eigenvalue weighted by Crippen LogP contribution is -2.38. The van der Waals surface area contributed by atoms with E-state index in [-0.39, 0.29) is 18.4 Å². The van der Waals surface area contributed by atoms with Gasteiger partial charge in [-0.2, -0.15) is 4.98 Å². The zero-order valence-corrected chi connectivity index (χ0v) is 28.2. The number of methoxy groups -OCH3 is 1. The molecule has 1 fully saturated rings. The number of halogens is 1. The summed E-state index contributed by atoms with van der Waals surface area (Å²) in [5.41, 5.74) is 4.50. The Kier molecular flexibility index (Phi) is 10.0. The molecule has 0 saturated carbocycles. The molecule has 4 aromatic rings. The number of nitrogens with one attached hydrogen (secondary N) is 2. The molecule has 12 heteroatoms. The summed E-state index contributed by atoms with van der Waals surface area (Å²) in [6, 6.07) is 20.1. The van der Waals surface area contributed by atoms with Crippen LogP contribution in [0.5, 0.6) is 11.5 Å². The van der Waals surface area contributed by atoms with Gasteiger partial charge in [-0.1, -0.05) is 65.8 Å². The summed E-state index contributed by atoms with van der Waals surface area (Å²) in [5.74, 6) is 1.66. The highest BCUT2D eigenvalue weighted by molar-refractivity contribution is 7.98. The monoisotopic (exact) mass is 672 g/mol. The predicted octanol–water partition coefficient (Wildman–Crippen LogP) is 6.86. The van der Waals surface area contributed by atoms with E-state index in [0.717, 1.165) is 54.7 Å². The number of anilines is 2. The van der Waals surface area contributed by atoms with Gasteiger partial charge in [0.2, 0.25) is 11.1 Å². The standard InChI is InChI=1S/C35H37ClN6O4S/c1-22-11-5-8-14-27(22)38-33(44)31-23(2)37-34-39-35(47-21-25-12-6-7-13-26(25)36)40-42(34)32(31)24-15-16-28(29(19-24)45-3)46-20-30(43)41-17-9-4-10-18-41/h5-8,11-16,19,32H,4,9-10,17-18,20-21H2,1-3H3,(H,38,44)(H,37,39,40). The second-order valence-corrected chi connectivity index (χ2v) is 12.9. The maximum atomic E-state index is 14.0. The van der Waals surface area contributed by atoms with Gasteiger partial charge in [-0.15, -0.1) is 5.10 Å². The van der Waals surface area contributed by atoms with Crippen LogP contribution in [-0.2, 0) is 15.3 Å². The number of rotatable bonds is 10. The number of likely N-dealkylation sites (tertiary alicyclic amines) is 1. The molecule has 2 amide bonds. The number of thioether (sulfide) groups is 1. The van der Waals surface area contributed by atoms with Crippen LogP contribution in [0.1, 0.15) is 48.9 Å². The number of piperidine rings is 1. The number of benzene rings is 3. The Bertz CT molecular complexity index is 1820. The number of hydrogen-bond donors (Lipinski definition) is 2. The maximum Gasteiger partial charge on any atom is 0.260 e. The molecular formula is C35H37ClN6O4S. The molecular weight excluding hydrogens is 636 g/mol. The molecule has 244 valence electrons. The van der Waals surface area contributed by atoms with Gasteiger partial charge in [0.15, 0.2) is 18.1 Å². The number of carbonyl (C=O) groups excluding carboxylic acids is 2. The van der Waals surface area contributed by atoms with Crippen LogP contribution in [0.3, 0.4) is 0 Å². The van der Waals surface area contributed by atoms with Gasteiger partial charge in [-0.25, -0.2) is 4.68 Å².